The molecule has 0 bridgehead atoms. The molecule has 0 spiro atoms. The molecule has 0 atom stereocenters. The van der Waals surface area contributed by atoms with Crippen LogP contribution in [0.1, 0.15) is 26.4 Å². The Labute approximate surface area is 193 Å². The molecule has 0 aliphatic rings. The highest BCUT2D eigenvalue weighted by atomic mass is 35.5. The van der Waals surface area contributed by atoms with E-state index < -0.39 is 5.91 Å². The van der Waals surface area contributed by atoms with Crippen molar-refractivity contribution in [2.75, 3.05) is 5.32 Å². The Balaban J connectivity index is 1.47. The molecule has 0 saturated carbocycles. The quantitative estimate of drug-likeness (QED) is 0.351. The number of aromatic nitrogens is 2. The molecule has 2 N–H and O–H groups in total. The van der Waals surface area contributed by atoms with Gasteiger partial charge in [0.25, 0.3) is 17.4 Å². The van der Waals surface area contributed by atoms with E-state index in [1.54, 1.807) is 72.8 Å². The fourth-order valence-corrected chi connectivity index (χ4v) is 3.31. The molecule has 1 heterocycles. The number of hydrazone groups is 1. The number of fused-ring (bicyclic) bond motifs is 1. The van der Waals surface area contributed by atoms with Crippen molar-refractivity contribution in [3.63, 3.8) is 0 Å². The Morgan fingerprint density at radius 3 is 2.45 bits per heavy atom. The fourth-order valence-electron chi connectivity index (χ4n) is 3.19. The summed E-state index contributed by atoms with van der Waals surface area (Å²) in [5.41, 5.74) is 3.93. The van der Waals surface area contributed by atoms with Crippen LogP contribution in [-0.4, -0.2) is 27.8 Å². The number of aryl methyl sites for hydroxylation is 1. The molecule has 1 aromatic heterocycles. The molecule has 164 valence electrons. The van der Waals surface area contributed by atoms with Gasteiger partial charge < -0.3 is 5.32 Å². The van der Waals surface area contributed by atoms with Gasteiger partial charge in [0.2, 0.25) is 0 Å². The van der Waals surface area contributed by atoms with E-state index in [2.05, 4.69) is 20.9 Å². The maximum absolute atomic E-state index is 12.6. The lowest BCUT2D eigenvalue weighted by molar-refractivity contribution is 0.0949. The van der Waals surface area contributed by atoms with Crippen molar-refractivity contribution < 1.29 is 9.59 Å². The number of rotatable bonds is 5. The van der Waals surface area contributed by atoms with Gasteiger partial charge in [-0.3, -0.25) is 14.4 Å². The Morgan fingerprint density at radius 2 is 1.70 bits per heavy atom. The van der Waals surface area contributed by atoms with E-state index in [9.17, 15) is 14.4 Å². The lowest BCUT2D eigenvalue weighted by Gasteiger charge is -2.07. The van der Waals surface area contributed by atoms with Crippen LogP contribution in [0.15, 0.2) is 82.7 Å². The number of nitrogens with zero attached hydrogens (tertiary/aromatic N) is 3. The number of hydrogen-bond acceptors (Lipinski definition) is 5. The van der Waals surface area contributed by atoms with E-state index in [1.807, 2.05) is 0 Å². The van der Waals surface area contributed by atoms with Crippen molar-refractivity contribution in [3.05, 3.63) is 105 Å². The Hall–Kier alpha value is -4.30. The monoisotopic (exact) mass is 459 g/mol. The zero-order chi connectivity index (χ0) is 23.4. The van der Waals surface area contributed by atoms with Gasteiger partial charge in [0, 0.05) is 28.7 Å². The normalized spacial score (nSPS) is 11.0. The summed E-state index contributed by atoms with van der Waals surface area (Å²) in [6.07, 6.45) is 1.44. The first-order valence-electron chi connectivity index (χ1n) is 9.89. The number of anilines is 1. The third kappa shape index (κ3) is 4.97. The Morgan fingerprint density at radius 1 is 0.970 bits per heavy atom. The standard InChI is InChI=1S/C24H18ClN5O3/c1-30-24(33)20-8-3-2-7-19(20)21(29-30)23(32)28-26-14-15-5-4-6-18(13-15)27-22(31)16-9-11-17(25)12-10-16/h2-14H,1H3,(H,27,31)(H,28,32)/b26-14+. The first-order chi connectivity index (χ1) is 15.9. The van der Waals surface area contributed by atoms with E-state index in [-0.39, 0.29) is 17.2 Å². The summed E-state index contributed by atoms with van der Waals surface area (Å²) < 4.78 is 1.12. The van der Waals surface area contributed by atoms with Gasteiger partial charge in [-0.2, -0.15) is 10.2 Å². The highest BCUT2D eigenvalue weighted by Crippen LogP contribution is 2.15. The van der Waals surface area contributed by atoms with Crippen molar-refractivity contribution in [1.29, 1.82) is 0 Å². The summed E-state index contributed by atoms with van der Waals surface area (Å²) in [6, 6.07) is 20.3. The number of hydrogen-bond donors (Lipinski definition) is 2. The smallest absolute Gasteiger partial charge is 0.292 e. The van der Waals surface area contributed by atoms with E-state index >= 15 is 0 Å². The van der Waals surface area contributed by atoms with Crippen molar-refractivity contribution >= 4 is 46.1 Å². The van der Waals surface area contributed by atoms with E-state index in [1.165, 1.54) is 13.3 Å². The molecule has 33 heavy (non-hydrogen) atoms. The van der Waals surface area contributed by atoms with E-state index in [0.717, 1.165) is 4.68 Å². The average molecular weight is 460 g/mol. The van der Waals surface area contributed by atoms with E-state index in [0.29, 0.717) is 32.6 Å². The SMILES string of the molecule is Cn1nc(C(=O)N/N=C/c2cccc(NC(=O)c3ccc(Cl)cc3)c2)c2ccccc2c1=O. The Bertz CT molecular complexity index is 1440. The van der Waals surface area contributed by atoms with Gasteiger partial charge in [-0.05, 0) is 48.0 Å². The zero-order valence-electron chi connectivity index (χ0n) is 17.4. The molecule has 0 saturated heterocycles. The number of benzene rings is 3. The van der Waals surface area contributed by atoms with Crippen molar-refractivity contribution in [1.82, 2.24) is 15.2 Å². The molecule has 0 fully saturated rings. The maximum Gasteiger partial charge on any atom is 0.292 e. The van der Waals surface area contributed by atoms with Crippen LogP contribution in [0.4, 0.5) is 5.69 Å². The van der Waals surface area contributed by atoms with Crippen LogP contribution in [0.5, 0.6) is 0 Å². The second-order valence-electron chi connectivity index (χ2n) is 7.11. The molecule has 0 aliphatic carbocycles. The minimum absolute atomic E-state index is 0.0915. The second-order valence-corrected chi connectivity index (χ2v) is 7.54. The largest absolute Gasteiger partial charge is 0.322 e. The minimum Gasteiger partial charge on any atom is -0.322 e. The first kappa shape index (κ1) is 21.9. The summed E-state index contributed by atoms with van der Waals surface area (Å²) in [5.74, 6) is -0.827. The van der Waals surface area contributed by atoms with Crippen LogP contribution in [0.25, 0.3) is 10.8 Å². The van der Waals surface area contributed by atoms with Crippen LogP contribution in [0.2, 0.25) is 5.02 Å². The molecule has 0 unspecified atom stereocenters. The predicted octanol–water partition coefficient (Wildman–Crippen LogP) is 3.60. The lowest BCUT2D eigenvalue weighted by atomic mass is 10.1. The van der Waals surface area contributed by atoms with E-state index in [4.69, 9.17) is 11.6 Å². The molecule has 9 heteroatoms. The number of halogens is 1. The van der Waals surface area contributed by atoms with Crippen LogP contribution < -0.4 is 16.3 Å². The predicted molar refractivity (Wildman–Crippen MR) is 128 cm³/mol. The maximum atomic E-state index is 12.6. The van der Waals surface area contributed by atoms with Gasteiger partial charge in [-0.15, -0.1) is 0 Å². The highest BCUT2D eigenvalue weighted by molar-refractivity contribution is 6.30. The van der Waals surface area contributed by atoms with Crippen molar-refractivity contribution in [2.45, 2.75) is 0 Å². The van der Waals surface area contributed by atoms with Gasteiger partial charge in [0.15, 0.2) is 5.69 Å². The summed E-state index contributed by atoms with van der Waals surface area (Å²) >= 11 is 5.86. The molecule has 2 amide bonds. The molecular weight excluding hydrogens is 442 g/mol. The molecule has 4 aromatic rings. The lowest BCUT2D eigenvalue weighted by Crippen LogP contribution is -2.27. The zero-order valence-corrected chi connectivity index (χ0v) is 18.2. The first-order valence-corrected chi connectivity index (χ1v) is 10.3. The molecule has 3 aromatic carbocycles. The molecule has 8 nitrogen and oxygen atoms in total. The third-order valence-corrected chi connectivity index (χ3v) is 5.05. The summed E-state index contributed by atoms with van der Waals surface area (Å²) in [6.45, 7) is 0. The second kappa shape index (κ2) is 9.46. The minimum atomic E-state index is -0.551. The van der Waals surface area contributed by atoms with Crippen LogP contribution in [0.3, 0.4) is 0 Å². The summed E-state index contributed by atoms with van der Waals surface area (Å²) in [5, 5.41) is 12.2. The fraction of sp³-hybridized carbons (Fsp3) is 0.0417. The molecular formula is C24H18ClN5O3. The molecule has 0 aliphatic heterocycles. The molecule has 4 rings (SSSR count). The Kier molecular flexibility index (Phi) is 6.28. The number of carbonyl (C=O) groups is 2. The topological polar surface area (TPSA) is 105 Å². The van der Waals surface area contributed by atoms with Gasteiger partial charge in [0.1, 0.15) is 0 Å². The van der Waals surface area contributed by atoms with Crippen molar-refractivity contribution in [2.24, 2.45) is 12.1 Å². The molecule has 0 radical (unpaired) electrons. The summed E-state index contributed by atoms with van der Waals surface area (Å²) in [7, 11) is 1.48. The summed E-state index contributed by atoms with van der Waals surface area (Å²) in [4.78, 5) is 37.2. The van der Waals surface area contributed by atoms with Crippen molar-refractivity contribution in [3.8, 4) is 0 Å². The van der Waals surface area contributed by atoms with Gasteiger partial charge in [-0.1, -0.05) is 41.9 Å². The highest BCUT2D eigenvalue weighted by Gasteiger charge is 2.15. The van der Waals surface area contributed by atoms with Crippen LogP contribution >= 0.6 is 11.6 Å². The van der Waals surface area contributed by atoms with Gasteiger partial charge in [0.05, 0.1) is 11.6 Å². The van der Waals surface area contributed by atoms with Gasteiger partial charge in [-0.25, -0.2) is 10.1 Å². The number of nitrogens with one attached hydrogen (secondary N) is 2. The third-order valence-electron chi connectivity index (χ3n) is 4.80. The van der Waals surface area contributed by atoms with Gasteiger partial charge >= 0.3 is 0 Å². The van der Waals surface area contributed by atoms with Crippen LogP contribution in [0, 0.1) is 0 Å². The average Bonchev–Trinajstić information content (AvgIpc) is 2.82. The van der Waals surface area contributed by atoms with Crippen LogP contribution in [-0.2, 0) is 7.05 Å². The number of carbonyl (C=O) groups excluding carboxylic acids is 2. The number of amides is 2.